The van der Waals surface area contributed by atoms with Crippen LogP contribution in [0.1, 0.15) is 137 Å². The van der Waals surface area contributed by atoms with Crippen molar-refractivity contribution < 1.29 is 47.4 Å². The average Bonchev–Trinajstić information content (AvgIpc) is 3.46. The summed E-state index contributed by atoms with van der Waals surface area (Å²) in [6.07, 6.45) is 15.6. The Balaban J connectivity index is 1.13. The maximum atomic E-state index is 14.2. The molecule has 10 nitrogen and oxygen atoms in total. The molecule has 0 aliphatic heterocycles. The van der Waals surface area contributed by atoms with Gasteiger partial charge in [0.25, 0.3) is 0 Å². The predicted octanol–water partition coefficient (Wildman–Crippen LogP) is 15.0. The van der Waals surface area contributed by atoms with Crippen LogP contribution in [0.5, 0.6) is 0 Å². The summed E-state index contributed by atoms with van der Waals surface area (Å²) >= 11 is 0. The maximum Gasteiger partial charge on any atom is 0.508 e. The summed E-state index contributed by atoms with van der Waals surface area (Å²) in [5.41, 5.74) is 4.89. The molecule has 1 saturated carbocycles. The zero-order valence-electron chi connectivity index (χ0n) is 45.2. The fraction of sp³-hybridized carbons (Fsp3) is 0.523. The van der Waals surface area contributed by atoms with Crippen LogP contribution in [0.4, 0.5) is 4.79 Å². The zero-order valence-corrected chi connectivity index (χ0v) is 45.2. The van der Waals surface area contributed by atoms with Gasteiger partial charge in [0.05, 0.1) is 52.4 Å². The third kappa shape index (κ3) is 23.1. The van der Waals surface area contributed by atoms with Gasteiger partial charge in [0.2, 0.25) is 0 Å². The second kappa shape index (κ2) is 37.0. The minimum absolute atomic E-state index is 0.0630. The van der Waals surface area contributed by atoms with E-state index >= 15 is 0 Å². The highest BCUT2D eigenvalue weighted by Crippen LogP contribution is 2.38. The summed E-state index contributed by atoms with van der Waals surface area (Å²) in [5.74, 6) is -0.513. The molecule has 6 rings (SSSR count). The van der Waals surface area contributed by atoms with Gasteiger partial charge in [-0.05, 0) is 34.2 Å². The van der Waals surface area contributed by atoms with Crippen LogP contribution in [0.3, 0.4) is 0 Å². The van der Waals surface area contributed by atoms with Crippen LogP contribution in [0.25, 0.3) is 0 Å². The topological polar surface area (TPSA) is 100 Å². The van der Waals surface area contributed by atoms with Crippen molar-refractivity contribution in [3.63, 3.8) is 0 Å². The van der Waals surface area contributed by atoms with Gasteiger partial charge in [0.15, 0.2) is 6.10 Å². The number of hydrogen-bond acceptors (Lipinski definition) is 10. The molecule has 0 N–H and O–H groups in total. The van der Waals surface area contributed by atoms with E-state index < -0.39 is 48.7 Å². The largest absolute Gasteiger partial charge is 0.508 e. The van der Waals surface area contributed by atoms with Crippen molar-refractivity contribution in [1.82, 2.24) is 0 Å². The molecule has 7 atom stereocenters. The SMILES string of the molecule is CCCCCCCCCCCCCCCCCCOC[C@H](COC(=O)O[C@H]1[C@H](OCc2ccccc2)[C@@H](OCc2ccccc2)[C@H](OCc2ccccc2)[C@@H](COCc2ccccc2)[C@H]1OCc1ccccc1)OC. The summed E-state index contributed by atoms with van der Waals surface area (Å²) in [4.78, 5) is 14.2. The second-order valence-corrected chi connectivity index (χ2v) is 20.1. The maximum absolute atomic E-state index is 14.2. The van der Waals surface area contributed by atoms with E-state index in [0.29, 0.717) is 13.2 Å². The van der Waals surface area contributed by atoms with Crippen molar-refractivity contribution in [1.29, 1.82) is 0 Å². The second-order valence-electron chi connectivity index (χ2n) is 20.1. The number of carbonyl (C=O) groups is 1. The summed E-state index contributed by atoms with van der Waals surface area (Å²) in [5, 5.41) is 0. The van der Waals surface area contributed by atoms with Crippen molar-refractivity contribution in [2.24, 2.45) is 5.92 Å². The van der Waals surface area contributed by atoms with Gasteiger partial charge in [-0.1, -0.05) is 255 Å². The number of carbonyl (C=O) groups excluding carboxylic acids is 1. The Hall–Kier alpha value is -4.91. The Morgan fingerprint density at radius 3 is 1.15 bits per heavy atom. The van der Waals surface area contributed by atoms with Gasteiger partial charge in [0.1, 0.15) is 31.0 Å². The van der Waals surface area contributed by atoms with E-state index in [2.05, 4.69) is 6.92 Å². The highest BCUT2D eigenvalue weighted by molar-refractivity contribution is 5.60. The molecule has 75 heavy (non-hydrogen) atoms. The Morgan fingerprint density at radius 2 is 0.747 bits per heavy atom. The predicted molar refractivity (Wildman–Crippen MR) is 297 cm³/mol. The fourth-order valence-electron chi connectivity index (χ4n) is 9.79. The summed E-state index contributed by atoms with van der Waals surface area (Å²) in [6.45, 7) is 4.65. The van der Waals surface area contributed by atoms with Gasteiger partial charge < -0.3 is 42.6 Å². The van der Waals surface area contributed by atoms with Crippen molar-refractivity contribution in [2.75, 3.05) is 33.5 Å². The lowest BCUT2D eigenvalue weighted by Crippen LogP contribution is -2.65. The van der Waals surface area contributed by atoms with Gasteiger partial charge >= 0.3 is 6.16 Å². The van der Waals surface area contributed by atoms with E-state index in [0.717, 1.165) is 40.7 Å². The molecule has 0 bridgehead atoms. The molecule has 0 saturated heterocycles. The molecule has 0 unspecified atom stereocenters. The Kier molecular flexibility index (Phi) is 29.2. The standard InChI is InChI=1S/C65H88O10/c1-3-4-5-6-7-8-9-10-11-12-13-14-15-16-17-33-44-68-50-58(67-2)51-74-65(66)75-64-61(71-47-55-38-27-20-28-39-55)59(52-69-45-53-34-23-18-24-35-53)60(70-46-54-36-25-19-26-37-54)62(72-48-56-40-29-21-30-41-56)63(64)73-49-57-42-31-22-32-43-57/h18-32,34-43,58-64H,3-17,33,44-52H2,1-2H3/t58-,59-,60-,61-,62+,63-,64-/m1/s1. The van der Waals surface area contributed by atoms with E-state index in [1.807, 2.05) is 152 Å². The average molecular weight is 1030 g/mol. The molecule has 5 aromatic carbocycles. The number of ether oxygens (including phenoxy) is 9. The lowest BCUT2D eigenvalue weighted by atomic mass is 9.77. The molecule has 0 radical (unpaired) electrons. The summed E-state index contributed by atoms with van der Waals surface area (Å²) < 4.78 is 58.8. The molecule has 10 heteroatoms. The molecule has 1 fully saturated rings. The summed E-state index contributed by atoms with van der Waals surface area (Å²) in [6, 6.07) is 50.0. The first kappa shape index (κ1) is 59.3. The highest BCUT2D eigenvalue weighted by atomic mass is 16.7. The Labute approximate surface area is 450 Å². The van der Waals surface area contributed by atoms with Gasteiger partial charge in [-0.25, -0.2) is 4.79 Å². The minimum Gasteiger partial charge on any atom is -0.431 e. The first-order chi connectivity index (χ1) is 37.1. The van der Waals surface area contributed by atoms with E-state index in [1.54, 1.807) is 7.11 Å². The van der Waals surface area contributed by atoms with Crippen molar-refractivity contribution in [2.45, 2.75) is 179 Å². The Bertz CT molecular complexity index is 2150. The molecule has 5 aromatic rings. The van der Waals surface area contributed by atoms with E-state index in [9.17, 15) is 4.79 Å². The van der Waals surface area contributed by atoms with Crippen molar-refractivity contribution in [3.8, 4) is 0 Å². The first-order valence-corrected chi connectivity index (χ1v) is 28.3. The molecular formula is C65H88O10. The molecule has 0 aromatic heterocycles. The minimum atomic E-state index is -1.03. The Morgan fingerprint density at radius 1 is 0.400 bits per heavy atom. The number of rotatable bonds is 39. The van der Waals surface area contributed by atoms with E-state index in [1.165, 1.54) is 89.9 Å². The van der Waals surface area contributed by atoms with Crippen LogP contribution < -0.4 is 0 Å². The van der Waals surface area contributed by atoms with E-state index in [-0.39, 0.29) is 46.2 Å². The first-order valence-electron chi connectivity index (χ1n) is 28.3. The number of unbranched alkanes of at least 4 members (excludes halogenated alkanes) is 15. The normalized spacial score (nSPS) is 18.9. The van der Waals surface area contributed by atoms with Crippen LogP contribution in [-0.4, -0.2) is 76.3 Å². The van der Waals surface area contributed by atoms with Crippen LogP contribution in [-0.2, 0) is 75.7 Å². The molecule has 0 heterocycles. The van der Waals surface area contributed by atoms with Gasteiger partial charge in [0, 0.05) is 19.6 Å². The molecular weight excluding hydrogens is 941 g/mol. The van der Waals surface area contributed by atoms with Crippen molar-refractivity contribution >= 4 is 6.16 Å². The molecule has 1 aliphatic carbocycles. The zero-order chi connectivity index (χ0) is 52.2. The lowest BCUT2D eigenvalue weighted by molar-refractivity contribution is -0.267. The molecule has 0 amide bonds. The third-order valence-electron chi connectivity index (χ3n) is 14.1. The van der Waals surface area contributed by atoms with Crippen LogP contribution in [0.15, 0.2) is 152 Å². The van der Waals surface area contributed by atoms with Gasteiger partial charge in [-0.3, -0.25) is 0 Å². The number of hydrogen-bond donors (Lipinski definition) is 0. The fourth-order valence-corrected chi connectivity index (χ4v) is 9.79. The molecule has 408 valence electrons. The van der Waals surface area contributed by atoms with Crippen LogP contribution in [0, 0.1) is 5.92 Å². The molecule has 0 spiro atoms. The van der Waals surface area contributed by atoms with Gasteiger partial charge in [-0.2, -0.15) is 0 Å². The van der Waals surface area contributed by atoms with Gasteiger partial charge in [-0.15, -0.1) is 0 Å². The smallest absolute Gasteiger partial charge is 0.431 e. The highest BCUT2D eigenvalue weighted by Gasteiger charge is 2.56. The monoisotopic (exact) mass is 1030 g/mol. The van der Waals surface area contributed by atoms with Crippen molar-refractivity contribution in [3.05, 3.63) is 179 Å². The summed E-state index contributed by atoms with van der Waals surface area (Å²) in [7, 11) is 1.60. The van der Waals surface area contributed by atoms with Crippen LogP contribution in [0.2, 0.25) is 0 Å². The number of benzene rings is 5. The number of methoxy groups -OCH3 is 1. The molecule has 1 aliphatic rings. The third-order valence-corrected chi connectivity index (χ3v) is 14.1. The lowest BCUT2D eigenvalue weighted by Gasteiger charge is -2.49. The van der Waals surface area contributed by atoms with Crippen LogP contribution >= 0.6 is 0 Å². The van der Waals surface area contributed by atoms with E-state index in [4.69, 9.17) is 42.6 Å². The quantitative estimate of drug-likeness (QED) is 0.0279.